The third kappa shape index (κ3) is 6.61. The van der Waals surface area contributed by atoms with Crippen molar-refractivity contribution < 1.29 is 29.0 Å². The molecule has 3 N–H and O–H groups in total. The van der Waals surface area contributed by atoms with Crippen LogP contribution in [0, 0.1) is 11.8 Å². The Bertz CT molecular complexity index is 895. The number of thioether (sulfide) groups is 1. The van der Waals surface area contributed by atoms with Crippen LogP contribution in [-0.2, 0) is 23.9 Å². The van der Waals surface area contributed by atoms with Gasteiger partial charge in [-0.3, -0.25) is 14.4 Å². The number of benzene rings is 1. The van der Waals surface area contributed by atoms with Crippen LogP contribution in [0.1, 0.15) is 32.1 Å². The number of carbonyl (C=O) groups excluding carboxylic acids is 2. The average Bonchev–Trinajstić information content (AvgIpc) is 3.45. The number of epoxide rings is 1. The second-order valence-electron chi connectivity index (χ2n) is 8.94. The Labute approximate surface area is 203 Å². The fraction of sp³-hybridized carbons (Fsp3) is 0.560. The number of ether oxygens (including phenoxy) is 2. The molecule has 0 spiro atoms. The van der Waals surface area contributed by atoms with E-state index in [2.05, 4.69) is 16.7 Å². The Morgan fingerprint density at radius 1 is 0.912 bits per heavy atom. The highest BCUT2D eigenvalue weighted by Crippen LogP contribution is 2.54. The monoisotopic (exact) mass is 488 g/mol. The first kappa shape index (κ1) is 24.8. The molecule has 2 amide bonds. The van der Waals surface area contributed by atoms with Gasteiger partial charge in [0.05, 0.1) is 18.8 Å². The number of hydrogen-bond acceptors (Lipinski definition) is 6. The first-order valence-corrected chi connectivity index (χ1v) is 12.9. The molecule has 0 aliphatic carbocycles. The molecule has 3 fully saturated rings. The van der Waals surface area contributed by atoms with Crippen LogP contribution in [0.5, 0.6) is 0 Å². The molecule has 0 aromatic heterocycles. The third-order valence-corrected chi connectivity index (χ3v) is 7.59. The fourth-order valence-corrected chi connectivity index (χ4v) is 5.71. The van der Waals surface area contributed by atoms with Gasteiger partial charge in [-0.1, -0.05) is 30.4 Å². The molecule has 6 atom stereocenters. The summed E-state index contributed by atoms with van der Waals surface area (Å²) in [5, 5.41) is 14.4. The lowest BCUT2D eigenvalue weighted by molar-refractivity contribution is -0.137. The van der Waals surface area contributed by atoms with Gasteiger partial charge in [-0.05, 0) is 37.3 Å². The van der Waals surface area contributed by atoms with Crippen molar-refractivity contribution in [3.8, 4) is 0 Å². The number of nitrogens with one attached hydrogen (secondary N) is 2. The summed E-state index contributed by atoms with van der Waals surface area (Å²) in [6.07, 6.45) is 7.22. The minimum Gasteiger partial charge on any atom is -0.481 e. The Morgan fingerprint density at radius 2 is 1.65 bits per heavy atom. The molecule has 3 saturated heterocycles. The highest BCUT2D eigenvalue weighted by molar-refractivity contribution is 7.99. The van der Waals surface area contributed by atoms with E-state index in [4.69, 9.17) is 14.6 Å². The standard InChI is InChI=1S/C25H32N2O6S/c28-19(12-13-34-16-8-4-3-5-9-16)27-15-20(29)26-14-18-17(10-6-1-2-7-11-21(30)31)22-24-25(33-24)23(18)32-22/h1,3-6,8-9,17-18,22-25H,2,7,10-15H2,(H,26,29)(H,27,28)(H,30,31)/b6-1-/t17-,18+,22+,23-,24-,25+/m0/s1. The topological polar surface area (TPSA) is 117 Å². The number of amides is 2. The van der Waals surface area contributed by atoms with Crippen molar-refractivity contribution in [3.63, 3.8) is 0 Å². The lowest BCUT2D eigenvalue weighted by atomic mass is 9.77. The molecule has 0 radical (unpaired) electrons. The number of rotatable bonds is 14. The maximum Gasteiger partial charge on any atom is 0.303 e. The van der Waals surface area contributed by atoms with Crippen LogP contribution >= 0.6 is 11.8 Å². The number of carboxylic acids is 1. The van der Waals surface area contributed by atoms with Crippen LogP contribution < -0.4 is 10.6 Å². The zero-order valence-electron chi connectivity index (χ0n) is 19.1. The van der Waals surface area contributed by atoms with Gasteiger partial charge in [0.2, 0.25) is 11.8 Å². The van der Waals surface area contributed by atoms with Crippen molar-refractivity contribution in [1.82, 2.24) is 10.6 Å². The molecule has 0 saturated carbocycles. The molecule has 3 aliphatic heterocycles. The lowest BCUT2D eigenvalue weighted by Crippen LogP contribution is -2.44. The van der Waals surface area contributed by atoms with Gasteiger partial charge in [-0.15, -0.1) is 11.8 Å². The van der Waals surface area contributed by atoms with Gasteiger partial charge in [0.1, 0.15) is 12.2 Å². The van der Waals surface area contributed by atoms with Gasteiger partial charge in [0.25, 0.3) is 0 Å². The van der Waals surface area contributed by atoms with E-state index in [0.29, 0.717) is 25.1 Å². The molecule has 3 heterocycles. The Kier molecular flexibility index (Phi) is 8.64. The van der Waals surface area contributed by atoms with Gasteiger partial charge in [0.15, 0.2) is 0 Å². The van der Waals surface area contributed by atoms with Gasteiger partial charge in [-0.2, -0.15) is 0 Å². The molecular formula is C25H32N2O6S. The highest BCUT2D eigenvalue weighted by Gasteiger charge is 2.68. The van der Waals surface area contributed by atoms with Crippen LogP contribution in [-0.4, -0.2) is 66.1 Å². The van der Waals surface area contributed by atoms with Crippen molar-refractivity contribution in [3.05, 3.63) is 42.5 Å². The molecule has 1 aromatic carbocycles. The molecule has 1 aromatic rings. The third-order valence-electron chi connectivity index (χ3n) is 6.58. The van der Waals surface area contributed by atoms with Crippen LogP contribution in [0.15, 0.2) is 47.4 Å². The van der Waals surface area contributed by atoms with Crippen LogP contribution in [0.3, 0.4) is 0 Å². The highest BCUT2D eigenvalue weighted by atomic mass is 32.2. The van der Waals surface area contributed by atoms with Crippen LogP contribution in [0.4, 0.5) is 0 Å². The molecular weight excluding hydrogens is 456 g/mol. The maximum atomic E-state index is 12.3. The molecule has 2 bridgehead atoms. The Hall–Kier alpha value is -2.36. The lowest BCUT2D eigenvalue weighted by Gasteiger charge is -2.25. The minimum absolute atomic E-state index is 0.00492. The minimum atomic E-state index is -0.773. The second kappa shape index (κ2) is 11.9. The maximum absolute atomic E-state index is 12.3. The summed E-state index contributed by atoms with van der Waals surface area (Å²) in [7, 11) is 0. The number of unbranched alkanes of at least 4 members (excludes halogenated alkanes) is 1. The zero-order valence-corrected chi connectivity index (χ0v) is 19.9. The number of carbonyl (C=O) groups is 3. The summed E-state index contributed by atoms with van der Waals surface area (Å²) < 4.78 is 11.9. The molecule has 34 heavy (non-hydrogen) atoms. The molecule has 0 unspecified atom stereocenters. The zero-order chi connectivity index (χ0) is 23.9. The van der Waals surface area contributed by atoms with Gasteiger partial charge in [-0.25, -0.2) is 0 Å². The van der Waals surface area contributed by atoms with E-state index in [1.165, 1.54) is 0 Å². The number of allylic oxidation sites excluding steroid dienone is 2. The summed E-state index contributed by atoms with van der Waals surface area (Å²) in [6, 6.07) is 9.90. The van der Waals surface area contributed by atoms with Crippen molar-refractivity contribution in [2.45, 2.75) is 61.4 Å². The number of aliphatic carboxylic acids is 1. The molecule has 9 heteroatoms. The van der Waals surface area contributed by atoms with Crippen LogP contribution in [0.25, 0.3) is 0 Å². The van der Waals surface area contributed by atoms with E-state index in [0.717, 1.165) is 17.7 Å². The average molecular weight is 489 g/mol. The molecule has 184 valence electrons. The predicted octanol–water partition coefficient (Wildman–Crippen LogP) is 2.38. The summed E-state index contributed by atoms with van der Waals surface area (Å²) in [6.45, 7) is 0.455. The fourth-order valence-electron chi connectivity index (χ4n) is 4.84. The number of carboxylic acid groups (broad SMARTS) is 1. The van der Waals surface area contributed by atoms with E-state index in [9.17, 15) is 14.4 Å². The first-order chi connectivity index (χ1) is 16.5. The molecule has 4 rings (SSSR count). The van der Waals surface area contributed by atoms with Crippen molar-refractivity contribution >= 4 is 29.5 Å². The Morgan fingerprint density at radius 3 is 2.41 bits per heavy atom. The van der Waals surface area contributed by atoms with E-state index >= 15 is 0 Å². The Balaban J connectivity index is 1.14. The SMILES string of the molecule is O=C(O)CCC/C=C\C[C@H]1[C@@H](CNC(=O)CNC(=O)CCSc2ccccc2)[C@@H]2O[C@H]1[C@@H]1O[C@@H]12. The number of hydrogen-bond donors (Lipinski definition) is 3. The van der Waals surface area contributed by atoms with Gasteiger partial charge < -0.3 is 25.2 Å². The van der Waals surface area contributed by atoms with E-state index < -0.39 is 5.97 Å². The van der Waals surface area contributed by atoms with Crippen LogP contribution in [0.2, 0.25) is 0 Å². The quantitative estimate of drug-likeness (QED) is 0.159. The van der Waals surface area contributed by atoms with Crippen molar-refractivity contribution in [1.29, 1.82) is 0 Å². The largest absolute Gasteiger partial charge is 0.481 e. The van der Waals surface area contributed by atoms with E-state index in [1.54, 1.807) is 11.8 Å². The van der Waals surface area contributed by atoms with Crippen molar-refractivity contribution in [2.24, 2.45) is 11.8 Å². The summed E-state index contributed by atoms with van der Waals surface area (Å²) >= 11 is 1.61. The van der Waals surface area contributed by atoms with Crippen molar-refractivity contribution in [2.75, 3.05) is 18.8 Å². The smallest absolute Gasteiger partial charge is 0.303 e. The van der Waals surface area contributed by atoms with Gasteiger partial charge in [0, 0.05) is 36.0 Å². The second-order valence-corrected chi connectivity index (χ2v) is 10.1. The summed E-state index contributed by atoms with van der Waals surface area (Å²) in [5.74, 6) is -0.0303. The molecule has 3 aliphatic rings. The van der Waals surface area contributed by atoms with E-state index in [-0.39, 0.29) is 61.0 Å². The summed E-state index contributed by atoms with van der Waals surface area (Å²) in [5.41, 5.74) is 0. The van der Waals surface area contributed by atoms with E-state index in [1.807, 2.05) is 36.4 Å². The summed E-state index contributed by atoms with van der Waals surface area (Å²) in [4.78, 5) is 36.1. The number of fused-ring (bicyclic) bond motifs is 5. The normalized spacial score (nSPS) is 28.6. The predicted molar refractivity (Wildman–Crippen MR) is 127 cm³/mol. The van der Waals surface area contributed by atoms with Gasteiger partial charge >= 0.3 is 5.97 Å². The molecule has 8 nitrogen and oxygen atoms in total. The first-order valence-electron chi connectivity index (χ1n) is 11.9.